The Morgan fingerprint density at radius 2 is 2.11 bits per heavy atom. The first-order valence-corrected chi connectivity index (χ1v) is 2.22. The third kappa shape index (κ3) is 2.28. The SMILES string of the molecule is [B]C(=O)C(N)C(=O)OC. The van der Waals surface area contributed by atoms with Crippen LogP contribution in [-0.2, 0) is 14.3 Å². The summed E-state index contributed by atoms with van der Waals surface area (Å²) >= 11 is 0. The van der Waals surface area contributed by atoms with Crippen molar-refractivity contribution in [3.8, 4) is 0 Å². The standard InChI is InChI=1S/C4H6BNO3/c1-9-4(8)2(6)3(5)7/h2H,6H2,1H3. The highest BCUT2D eigenvalue weighted by atomic mass is 16.5. The van der Waals surface area contributed by atoms with E-state index in [1.54, 1.807) is 0 Å². The van der Waals surface area contributed by atoms with Gasteiger partial charge in [-0.3, -0.25) is 0 Å². The number of methoxy groups -OCH3 is 1. The van der Waals surface area contributed by atoms with Crippen molar-refractivity contribution < 1.29 is 14.3 Å². The highest BCUT2D eigenvalue weighted by Crippen LogP contribution is 1.80. The predicted molar refractivity (Wildman–Crippen MR) is 30.8 cm³/mol. The van der Waals surface area contributed by atoms with Gasteiger partial charge in [-0.15, -0.1) is 0 Å². The van der Waals surface area contributed by atoms with E-state index in [0.29, 0.717) is 0 Å². The summed E-state index contributed by atoms with van der Waals surface area (Å²) in [5.74, 6) is -0.817. The highest BCUT2D eigenvalue weighted by molar-refractivity contribution is 6.61. The molecule has 1 unspecified atom stereocenters. The lowest BCUT2D eigenvalue weighted by atomic mass is 9.96. The molecule has 0 rings (SSSR count). The molecule has 1 atom stereocenters. The summed E-state index contributed by atoms with van der Waals surface area (Å²) in [7, 11) is 5.78. The molecular weight excluding hydrogens is 121 g/mol. The molecule has 2 N–H and O–H groups in total. The summed E-state index contributed by atoms with van der Waals surface area (Å²) in [5.41, 5.74) is 4.03. The maximum Gasteiger partial charge on any atom is 0.329 e. The first kappa shape index (κ1) is 8.16. The summed E-state index contributed by atoms with van der Waals surface area (Å²) in [4.78, 5) is 20.4. The lowest BCUT2D eigenvalue weighted by molar-refractivity contribution is -0.143. The Labute approximate surface area is 53.8 Å². The normalized spacial score (nSPS) is 12.2. The monoisotopic (exact) mass is 127 g/mol. The summed E-state index contributed by atoms with van der Waals surface area (Å²) in [6.45, 7) is 0. The van der Waals surface area contributed by atoms with Crippen LogP contribution in [-0.4, -0.2) is 32.6 Å². The summed E-state index contributed by atoms with van der Waals surface area (Å²) < 4.78 is 4.11. The fourth-order valence-corrected chi connectivity index (χ4v) is 0.243. The minimum absolute atomic E-state index is 0.817. The third-order valence-corrected chi connectivity index (χ3v) is 0.762. The number of esters is 1. The second kappa shape index (κ2) is 3.24. The predicted octanol–water partition coefficient (Wildman–Crippen LogP) is -1.82. The fourth-order valence-electron chi connectivity index (χ4n) is 0.243. The fraction of sp³-hybridized carbons (Fsp3) is 0.500. The summed E-state index contributed by atoms with van der Waals surface area (Å²) in [5, 5.41) is 0. The molecule has 0 saturated heterocycles. The van der Waals surface area contributed by atoms with E-state index in [2.05, 4.69) is 12.6 Å². The van der Waals surface area contributed by atoms with E-state index in [1.165, 1.54) is 0 Å². The second-order valence-electron chi connectivity index (χ2n) is 1.40. The average Bonchev–Trinajstić information content (AvgIpc) is 1.84. The van der Waals surface area contributed by atoms with Crippen LogP contribution in [0.15, 0.2) is 0 Å². The number of nitrogens with two attached hydrogens (primary N) is 1. The molecule has 0 fully saturated rings. The molecule has 0 aliphatic rings. The van der Waals surface area contributed by atoms with Crippen molar-refractivity contribution in [2.75, 3.05) is 7.11 Å². The smallest absolute Gasteiger partial charge is 0.329 e. The number of hydrogen-bond donors (Lipinski definition) is 1. The number of ether oxygens (including phenoxy) is 1. The molecule has 0 amide bonds. The average molecular weight is 127 g/mol. The van der Waals surface area contributed by atoms with Crippen molar-refractivity contribution in [1.82, 2.24) is 0 Å². The van der Waals surface area contributed by atoms with Crippen molar-refractivity contribution in [1.29, 1.82) is 0 Å². The van der Waals surface area contributed by atoms with Crippen molar-refractivity contribution in [2.24, 2.45) is 5.73 Å². The van der Waals surface area contributed by atoms with Crippen LogP contribution in [0.2, 0.25) is 0 Å². The van der Waals surface area contributed by atoms with Gasteiger partial charge in [-0.05, 0) is 0 Å². The van der Waals surface area contributed by atoms with E-state index in [1.807, 2.05) is 0 Å². The van der Waals surface area contributed by atoms with E-state index in [9.17, 15) is 9.59 Å². The van der Waals surface area contributed by atoms with Gasteiger partial charge in [-0.1, -0.05) is 0 Å². The molecule has 0 aromatic heterocycles. The quantitative estimate of drug-likeness (QED) is 0.269. The van der Waals surface area contributed by atoms with E-state index >= 15 is 0 Å². The number of rotatable bonds is 2. The molecule has 9 heavy (non-hydrogen) atoms. The number of carbonyl (C=O) groups is 2. The molecule has 0 bridgehead atoms. The van der Waals surface area contributed by atoms with Crippen LogP contribution in [0.5, 0.6) is 0 Å². The maximum atomic E-state index is 10.3. The molecule has 0 aliphatic carbocycles. The molecular formula is C4H6BNO3. The molecule has 0 aliphatic heterocycles. The van der Waals surface area contributed by atoms with Crippen LogP contribution in [0.25, 0.3) is 0 Å². The zero-order valence-electron chi connectivity index (χ0n) is 4.96. The highest BCUT2D eigenvalue weighted by Gasteiger charge is 2.16. The first-order chi connectivity index (χ1) is 4.09. The Hall–Kier alpha value is -0.835. The number of carbonyl (C=O) groups excluding carboxylic acids is 2. The van der Waals surface area contributed by atoms with Gasteiger partial charge in [0.25, 0.3) is 0 Å². The molecule has 5 heteroatoms. The lowest BCUT2D eigenvalue weighted by Gasteiger charge is -2.02. The van der Waals surface area contributed by atoms with Gasteiger partial charge in [0, 0.05) is 0 Å². The molecule has 48 valence electrons. The summed E-state index contributed by atoms with van der Waals surface area (Å²) in [6.07, 6.45) is 0. The van der Waals surface area contributed by atoms with Gasteiger partial charge in [0.1, 0.15) is 5.68 Å². The van der Waals surface area contributed by atoms with Crippen molar-refractivity contribution in [3.63, 3.8) is 0 Å². The molecule has 0 heterocycles. The molecule has 0 spiro atoms. The Bertz CT molecular complexity index is 136. The van der Waals surface area contributed by atoms with Crippen LogP contribution >= 0.6 is 0 Å². The van der Waals surface area contributed by atoms with Crippen LogP contribution in [0.3, 0.4) is 0 Å². The van der Waals surface area contributed by atoms with Crippen molar-refractivity contribution in [3.05, 3.63) is 0 Å². The largest absolute Gasteiger partial charge is 0.468 e. The minimum Gasteiger partial charge on any atom is -0.468 e. The van der Waals surface area contributed by atoms with E-state index < -0.39 is 17.7 Å². The van der Waals surface area contributed by atoms with Gasteiger partial charge in [-0.25, -0.2) is 4.79 Å². The number of hydrogen-bond acceptors (Lipinski definition) is 4. The third-order valence-electron chi connectivity index (χ3n) is 0.762. The molecule has 2 radical (unpaired) electrons. The molecule has 4 nitrogen and oxygen atoms in total. The Morgan fingerprint density at radius 1 is 1.67 bits per heavy atom. The van der Waals surface area contributed by atoms with Crippen LogP contribution in [0, 0.1) is 0 Å². The van der Waals surface area contributed by atoms with Crippen molar-refractivity contribution >= 4 is 19.5 Å². The Kier molecular flexibility index (Phi) is 2.94. The zero-order valence-corrected chi connectivity index (χ0v) is 4.96. The van der Waals surface area contributed by atoms with E-state index in [-0.39, 0.29) is 0 Å². The Balaban J connectivity index is 3.88. The molecule has 0 saturated carbocycles. The van der Waals surface area contributed by atoms with Gasteiger partial charge < -0.3 is 15.3 Å². The molecule has 0 aromatic rings. The van der Waals surface area contributed by atoms with Gasteiger partial charge >= 0.3 is 5.97 Å². The van der Waals surface area contributed by atoms with Gasteiger partial charge in [0.05, 0.1) is 7.11 Å². The van der Waals surface area contributed by atoms with Crippen LogP contribution < -0.4 is 5.73 Å². The lowest BCUT2D eigenvalue weighted by Crippen LogP contribution is -2.39. The van der Waals surface area contributed by atoms with Gasteiger partial charge in [-0.2, -0.15) is 0 Å². The van der Waals surface area contributed by atoms with Crippen LogP contribution in [0.1, 0.15) is 0 Å². The maximum absolute atomic E-state index is 10.3. The van der Waals surface area contributed by atoms with Gasteiger partial charge in [0.15, 0.2) is 13.9 Å². The van der Waals surface area contributed by atoms with E-state index in [4.69, 9.17) is 5.73 Å². The van der Waals surface area contributed by atoms with Gasteiger partial charge in [0.2, 0.25) is 0 Å². The second-order valence-corrected chi connectivity index (χ2v) is 1.40. The van der Waals surface area contributed by atoms with Crippen molar-refractivity contribution in [2.45, 2.75) is 6.04 Å². The summed E-state index contributed by atoms with van der Waals surface area (Å²) in [6, 6.07) is -1.34. The zero-order chi connectivity index (χ0) is 7.44. The van der Waals surface area contributed by atoms with E-state index in [0.717, 1.165) is 7.11 Å². The van der Waals surface area contributed by atoms with Crippen LogP contribution in [0.4, 0.5) is 0 Å². The topological polar surface area (TPSA) is 69.4 Å². The minimum atomic E-state index is -1.34. The molecule has 0 aromatic carbocycles. The Morgan fingerprint density at radius 3 is 2.22 bits per heavy atom. The first-order valence-electron chi connectivity index (χ1n) is 2.22.